The van der Waals surface area contributed by atoms with Crippen LogP contribution in [0.1, 0.15) is 38.5 Å². The molecule has 0 aromatic heterocycles. The molecule has 1 amide bonds. The average molecular weight is 401 g/mol. The van der Waals surface area contributed by atoms with Gasteiger partial charge >= 0.3 is 0 Å². The van der Waals surface area contributed by atoms with Gasteiger partial charge in [-0.15, -0.1) is 0 Å². The van der Waals surface area contributed by atoms with Crippen molar-refractivity contribution in [3.8, 4) is 0 Å². The van der Waals surface area contributed by atoms with E-state index in [0.717, 1.165) is 12.8 Å². The zero-order valence-electron chi connectivity index (χ0n) is 14.7. The molecule has 6 nitrogen and oxygen atoms in total. The van der Waals surface area contributed by atoms with Crippen LogP contribution in [-0.2, 0) is 19.6 Å². The van der Waals surface area contributed by atoms with E-state index in [1.165, 1.54) is 41.8 Å². The Morgan fingerprint density at radius 3 is 2.58 bits per heavy atom. The Morgan fingerprint density at radius 1 is 1.19 bits per heavy atom. The fraction of sp³-hybridized carbons (Fsp3) is 0.611. The van der Waals surface area contributed by atoms with E-state index in [1.807, 2.05) is 0 Å². The summed E-state index contributed by atoms with van der Waals surface area (Å²) in [7, 11) is -3.62. The van der Waals surface area contributed by atoms with Crippen molar-refractivity contribution in [2.24, 2.45) is 5.92 Å². The number of ether oxygens (including phenoxy) is 1. The molecule has 144 valence electrons. The second kappa shape index (κ2) is 8.69. The lowest BCUT2D eigenvalue weighted by Crippen LogP contribution is -2.40. The summed E-state index contributed by atoms with van der Waals surface area (Å²) in [5.41, 5.74) is 0.349. The molecule has 1 aromatic rings. The van der Waals surface area contributed by atoms with Crippen molar-refractivity contribution in [1.29, 1.82) is 0 Å². The smallest absolute Gasteiger partial charge is 0.243 e. The Kier molecular flexibility index (Phi) is 6.55. The number of halogens is 1. The molecule has 1 heterocycles. The molecule has 2 aliphatic rings. The Balaban J connectivity index is 1.71. The van der Waals surface area contributed by atoms with E-state index in [2.05, 4.69) is 5.32 Å². The van der Waals surface area contributed by atoms with Gasteiger partial charge in [-0.3, -0.25) is 4.79 Å². The molecule has 0 radical (unpaired) electrons. The van der Waals surface area contributed by atoms with E-state index in [1.54, 1.807) is 0 Å². The molecule has 0 unspecified atom stereocenters. The molecule has 1 saturated heterocycles. The van der Waals surface area contributed by atoms with E-state index in [-0.39, 0.29) is 10.8 Å². The summed E-state index contributed by atoms with van der Waals surface area (Å²) in [6.45, 7) is 1.43. The summed E-state index contributed by atoms with van der Waals surface area (Å²) >= 11 is 6.18. The number of sulfonamides is 1. The van der Waals surface area contributed by atoms with Crippen LogP contribution < -0.4 is 5.32 Å². The van der Waals surface area contributed by atoms with Crippen molar-refractivity contribution in [2.75, 3.05) is 31.6 Å². The number of carbonyl (C=O) groups excluding carboxylic acids is 1. The van der Waals surface area contributed by atoms with Crippen LogP contribution in [0, 0.1) is 5.92 Å². The fourth-order valence-electron chi connectivity index (χ4n) is 3.55. The number of rotatable bonds is 5. The highest BCUT2D eigenvalue weighted by Gasteiger charge is 2.27. The highest BCUT2D eigenvalue weighted by atomic mass is 35.5. The molecule has 0 bridgehead atoms. The topological polar surface area (TPSA) is 75.7 Å². The predicted molar refractivity (Wildman–Crippen MR) is 101 cm³/mol. The maximum atomic E-state index is 12.8. The van der Waals surface area contributed by atoms with Gasteiger partial charge in [0, 0.05) is 19.5 Å². The number of anilines is 1. The molecule has 0 atom stereocenters. The van der Waals surface area contributed by atoms with Crippen molar-refractivity contribution >= 4 is 33.2 Å². The minimum absolute atomic E-state index is 0.111. The molecule has 1 aromatic carbocycles. The summed E-state index contributed by atoms with van der Waals surface area (Å²) in [5.74, 6) is 0.294. The van der Waals surface area contributed by atoms with Gasteiger partial charge in [-0.2, -0.15) is 4.31 Å². The zero-order valence-corrected chi connectivity index (χ0v) is 16.3. The second-order valence-electron chi connectivity index (χ2n) is 6.91. The average Bonchev–Trinajstić information content (AvgIpc) is 2.65. The molecule has 1 N–H and O–H groups in total. The minimum Gasteiger partial charge on any atom is -0.379 e. The monoisotopic (exact) mass is 400 g/mol. The molecule has 2 fully saturated rings. The van der Waals surface area contributed by atoms with Crippen LogP contribution in [0.2, 0.25) is 5.02 Å². The molecule has 8 heteroatoms. The van der Waals surface area contributed by atoms with Crippen molar-refractivity contribution in [1.82, 2.24) is 4.31 Å². The number of nitrogens with one attached hydrogen (secondary N) is 1. The summed E-state index contributed by atoms with van der Waals surface area (Å²) in [6, 6.07) is 4.45. The number of hydrogen-bond acceptors (Lipinski definition) is 4. The highest BCUT2D eigenvalue weighted by molar-refractivity contribution is 7.89. The first-order valence-corrected chi connectivity index (χ1v) is 11.0. The van der Waals surface area contributed by atoms with Crippen molar-refractivity contribution in [3.05, 3.63) is 23.2 Å². The molecular weight excluding hydrogens is 376 g/mol. The SMILES string of the molecule is O=C(CC1CCCCC1)Nc1cc(S(=O)(=O)N2CCOCC2)ccc1Cl. The van der Waals surface area contributed by atoms with E-state index in [0.29, 0.717) is 49.4 Å². The first-order valence-electron chi connectivity index (χ1n) is 9.14. The highest BCUT2D eigenvalue weighted by Crippen LogP contribution is 2.29. The summed E-state index contributed by atoms with van der Waals surface area (Å²) in [5, 5.41) is 3.13. The van der Waals surface area contributed by atoms with Crippen LogP contribution in [0.5, 0.6) is 0 Å². The number of hydrogen-bond donors (Lipinski definition) is 1. The number of amides is 1. The van der Waals surface area contributed by atoms with Gasteiger partial charge in [-0.25, -0.2) is 8.42 Å². The minimum atomic E-state index is -3.62. The first kappa shape index (κ1) is 19.6. The van der Waals surface area contributed by atoms with Crippen LogP contribution in [0.3, 0.4) is 0 Å². The lowest BCUT2D eigenvalue weighted by molar-refractivity contribution is -0.117. The number of carbonyl (C=O) groups is 1. The van der Waals surface area contributed by atoms with Gasteiger partial charge in [0.15, 0.2) is 0 Å². The van der Waals surface area contributed by atoms with Crippen LogP contribution in [0.4, 0.5) is 5.69 Å². The van der Waals surface area contributed by atoms with Crippen LogP contribution in [-0.4, -0.2) is 44.9 Å². The third kappa shape index (κ3) is 4.76. The molecule has 1 saturated carbocycles. The van der Waals surface area contributed by atoms with Crippen LogP contribution >= 0.6 is 11.6 Å². The molecule has 3 rings (SSSR count). The maximum Gasteiger partial charge on any atom is 0.243 e. The fourth-order valence-corrected chi connectivity index (χ4v) is 5.15. The third-order valence-corrected chi connectivity index (χ3v) is 7.24. The Hall–Kier alpha value is -1.15. The van der Waals surface area contributed by atoms with Crippen molar-refractivity contribution < 1.29 is 17.9 Å². The standard InChI is InChI=1S/C18H25ClN2O4S/c19-16-7-6-15(26(23,24)21-8-10-25-11-9-21)13-17(16)20-18(22)12-14-4-2-1-3-5-14/h6-7,13-14H,1-5,8-12H2,(H,20,22). The summed E-state index contributed by atoms with van der Waals surface area (Å²) < 4.78 is 32.1. The molecule has 26 heavy (non-hydrogen) atoms. The Morgan fingerprint density at radius 2 is 1.88 bits per heavy atom. The van der Waals surface area contributed by atoms with E-state index in [4.69, 9.17) is 16.3 Å². The van der Waals surface area contributed by atoms with Gasteiger partial charge in [-0.1, -0.05) is 30.9 Å². The maximum absolute atomic E-state index is 12.8. The number of benzene rings is 1. The second-order valence-corrected chi connectivity index (χ2v) is 9.26. The van der Waals surface area contributed by atoms with Gasteiger partial charge in [0.05, 0.1) is 28.8 Å². The van der Waals surface area contributed by atoms with Gasteiger partial charge < -0.3 is 10.1 Å². The Bertz CT molecular complexity index is 742. The van der Waals surface area contributed by atoms with Gasteiger partial charge in [0.25, 0.3) is 0 Å². The normalized spacial score (nSPS) is 20.0. The van der Waals surface area contributed by atoms with Crippen molar-refractivity contribution in [2.45, 2.75) is 43.4 Å². The van der Waals surface area contributed by atoms with Crippen molar-refractivity contribution in [3.63, 3.8) is 0 Å². The predicted octanol–water partition coefficient (Wildman–Crippen LogP) is 3.27. The molecular formula is C18H25ClN2O4S. The lowest BCUT2D eigenvalue weighted by Gasteiger charge is -2.26. The lowest BCUT2D eigenvalue weighted by atomic mass is 9.87. The molecule has 1 aliphatic heterocycles. The zero-order chi connectivity index (χ0) is 18.6. The van der Waals surface area contributed by atoms with Gasteiger partial charge in [0.2, 0.25) is 15.9 Å². The quantitative estimate of drug-likeness (QED) is 0.822. The van der Waals surface area contributed by atoms with E-state index >= 15 is 0 Å². The van der Waals surface area contributed by atoms with Crippen LogP contribution in [0.15, 0.2) is 23.1 Å². The molecule has 0 spiro atoms. The van der Waals surface area contributed by atoms with Crippen LogP contribution in [0.25, 0.3) is 0 Å². The van der Waals surface area contributed by atoms with Gasteiger partial charge in [-0.05, 0) is 37.0 Å². The van der Waals surface area contributed by atoms with E-state index in [9.17, 15) is 13.2 Å². The van der Waals surface area contributed by atoms with E-state index < -0.39 is 10.0 Å². The van der Waals surface area contributed by atoms with Gasteiger partial charge in [0.1, 0.15) is 0 Å². The first-order chi connectivity index (χ1) is 12.5. The largest absolute Gasteiger partial charge is 0.379 e. The summed E-state index contributed by atoms with van der Waals surface area (Å²) in [4.78, 5) is 12.5. The Labute approximate surface area is 159 Å². The molecule has 1 aliphatic carbocycles. The number of morpholine rings is 1. The number of nitrogens with zero attached hydrogens (tertiary/aromatic N) is 1. The third-order valence-electron chi connectivity index (χ3n) is 5.02. The summed E-state index contributed by atoms with van der Waals surface area (Å²) in [6.07, 6.45) is 6.19.